The number of carbonyl (C=O) groups excluding carboxylic acids is 1. The Bertz CT molecular complexity index is 981. The van der Waals surface area contributed by atoms with Gasteiger partial charge < -0.3 is 5.32 Å². The summed E-state index contributed by atoms with van der Waals surface area (Å²) in [5.41, 5.74) is 5.12. The number of benzene rings is 2. The first-order valence-electron chi connectivity index (χ1n) is 8.36. The van der Waals surface area contributed by atoms with Crippen LogP contribution in [0.1, 0.15) is 27.6 Å². The van der Waals surface area contributed by atoms with Gasteiger partial charge in [-0.15, -0.1) is 11.8 Å². The van der Waals surface area contributed by atoms with Gasteiger partial charge in [-0.25, -0.2) is 4.68 Å². The van der Waals surface area contributed by atoms with Crippen LogP contribution in [0.3, 0.4) is 0 Å². The van der Waals surface area contributed by atoms with Crippen molar-refractivity contribution in [2.24, 2.45) is 0 Å². The normalized spacial score (nSPS) is 16.7. The monoisotopic (exact) mass is 383 g/mol. The van der Waals surface area contributed by atoms with E-state index in [-0.39, 0.29) is 11.2 Å². The number of aromatic nitrogens is 2. The van der Waals surface area contributed by atoms with E-state index in [1.807, 2.05) is 67.1 Å². The molecule has 0 spiro atoms. The van der Waals surface area contributed by atoms with Crippen LogP contribution in [0.2, 0.25) is 5.02 Å². The Morgan fingerprint density at radius 3 is 2.69 bits per heavy atom. The Hall–Kier alpha value is -2.24. The molecule has 4 nitrogen and oxygen atoms in total. The second-order valence-electron chi connectivity index (χ2n) is 6.39. The van der Waals surface area contributed by atoms with Gasteiger partial charge in [0.1, 0.15) is 5.82 Å². The number of rotatable bonds is 2. The van der Waals surface area contributed by atoms with Crippen LogP contribution in [0.4, 0.5) is 5.82 Å². The number of carbonyl (C=O) groups is 1. The van der Waals surface area contributed by atoms with Gasteiger partial charge >= 0.3 is 0 Å². The standard InChI is InChI=1S/C20H18ClN3OS/c1-12-6-8-16(9-7-12)24-20-18(13(2)23-24)19(26-11-17(25)22-20)14-4-3-5-15(21)10-14/h3-10,19H,11H2,1-2H3,(H,22,25)/t19-/m1/s1. The maximum atomic E-state index is 12.3. The fourth-order valence-corrected chi connectivity index (χ4v) is 4.57. The third-order valence-electron chi connectivity index (χ3n) is 4.44. The summed E-state index contributed by atoms with van der Waals surface area (Å²) in [6, 6.07) is 15.9. The van der Waals surface area contributed by atoms with E-state index >= 15 is 0 Å². The van der Waals surface area contributed by atoms with Gasteiger partial charge in [-0.2, -0.15) is 5.10 Å². The highest BCUT2D eigenvalue weighted by Gasteiger charge is 2.30. The first-order valence-corrected chi connectivity index (χ1v) is 9.79. The number of aryl methyl sites for hydroxylation is 2. The smallest absolute Gasteiger partial charge is 0.235 e. The van der Waals surface area contributed by atoms with E-state index in [0.29, 0.717) is 10.8 Å². The lowest BCUT2D eigenvalue weighted by Crippen LogP contribution is -2.15. The molecule has 0 radical (unpaired) electrons. The predicted octanol–water partition coefficient (Wildman–Crippen LogP) is 4.92. The van der Waals surface area contributed by atoms with Crippen LogP contribution in [0.5, 0.6) is 0 Å². The Balaban J connectivity index is 1.89. The second-order valence-corrected chi connectivity index (χ2v) is 7.92. The summed E-state index contributed by atoms with van der Waals surface area (Å²) < 4.78 is 1.82. The predicted molar refractivity (Wildman–Crippen MR) is 107 cm³/mol. The highest BCUT2D eigenvalue weighted by atomic mass is 35.5. The number of fused-ring (bicyclic) bond motifs is 1. The molecule has 0 aliphatic carbocycles. The van der Waals surface area contributed by atoms with E-state index < -0.39 is 0 Å². The quantitative estimate of drug-likeness (QED) is 0.683. The molecule has 1 aliphatic heterocycles. The zero-order valence-corrected chi connectivity index (χ0v) is 16.1. The molecule has 132 valence electrons. The highest BCUT2D eigenvalue weighted by molar-refractivity contribution is 8.00. The number of thioether (sulfide) groups is 1. The van der Waals surface area contributed by atoms with Crippen LogP contribution < -0.4 is 5.32 Å². The van der Waals surface area contributed by atoms with Crippen LogP contribution in [-0.4, -0.2) is 21.4 Å². The molecule has 1 N–H and O–H groups in total. The van der Waals surface area contributed by atoms with Crippen molar-refractivity contribution in [1.82, 2.24) is 9.78 Å². The zero-order valence-electron chi connectivity index (χ0n) is 14.5. The van der Waals surface area contributed by atoms with Crippen LogP contribution in [0.15, 0.2) is 48.5 Å². The molecule has 1 amide bonds. The minimum absolute atomic E-state index is 0.00171. The number of hydrogen-bond donors (Lipinski definition) is 1. The molecule has 1 aliphatic rings. The summed E-state index contributed by atoms with van der Waals surface area (Å²) in [7, 11) is 0. The van der Waals surface area contributed by atoms with Crippen molar-refractivity contribution in [1.29, 1.82) is 0 Å². The van der Waals surface area contributed by atoms with Gasteiger partial charge in [0.05, 0.1) is 22.4 Å². The summed E-state index contributed by atoms with van der Waals surface area (Å²) in [6.07, 6.45) is 0. The first-order chi connectivity index (χ1) is 12.5. The maximum Gasteiger partial charge on any atom is 0.235 e. The lowest BCUT2D eigenvalue weighted by molar-refractivity contribution is -0.113. The van der Waals surface area contributed by atoms with Crippen molar-refractivity contribution in [3.8, 4) is 5.69 Å². The maximum absolute atomic E-state index is 12.3. The Morgan fingerprint density at radius 2 is 1.96 bits per heavy atom. The second kappa shape index (κ2) is 6.82. The van der Waals surface area contributed by atoms with Crippen molar-refractivity contribution in [3.05, 3.63) is 75.9 Å². The van der Waals surface area contributed by atoms with Crippen LogP contribution >= 0.6 is 23.4 Å². The van der Waals surface area contributed by atoms with E-state index in [1.165, 1.54) is 5.56 Å². The van der Waals surface area contributed by atoms with Crippen LogP contribution in [0.25, 0.3) is 5.69 Å². The SMILES string of the molecule is Cc1ccc(-n2nc(C)c3c2NC(=O)CS[C@@H]3c2cccc(Cl)c2)cc1. The third kappa shape index (κ3) is 3.13. The number of nitrogens with one attached hydrogen (secondary N) is 1. The molecule has 0 unspecified atom stereocenters. The molecule has 4 rings (SSSR count). The number of anilines is 1. The van der Waals surface area contributed by atoms with Gasteiger partial charge in [0.25, 0.3) is 0 Å². The molecular weight excluding hydrogens is 366 g/mol. The van der Waals surface area contributed by atoms with Crippen molar-refractivity contribution < 1.29 is 4.79 Å². The van der Waals surface area contributed by atoms with E-state index in [9.17, 15) is 4.79 Å². The number of amides is 1. The van der Waals surface area contributed by atoms with Gasteiger partial charge in [-0.3, -0.25) is 4.79 Å². The van der Waals surface area contributed by atoms with E-state index in [2.05, 4.69) is 5.32 Å². The Morgan fingerprint density at radius 1 is 1.19 bits per heavy atom. The minimum Gasteiger partial charge on any atom is -0.310 e. The van der Waals surface area contributed by atoms with Gasteiger partial charge in [-0.05, 0) is 43.7 Å². The van der Waals surface area contributed by atoms with Crippen LogP contribution in [0, 0.1) is 13.8 Å². The number of halogens is 1. The summed E-state index contributed by atoms with van der Waals surface area (Å²) in [6.45, 7) is 4.03. The van der Waals surface area contributed by atoms with Gasteiger partial charge in [0, 0.05) is 10.6 Å². The summed E-state index contributed by atoms with van der Waals surface area (Å²) >= 11 is 7.80. The minimum atomic E-state index is -0.0194. The Labute approximate surface area is 161 Å². The van der Waals surface area contributed by atoms with Crippen molar-refractivity contribution >= 4 is 35.1 Å². The van der Waals surface area contributed by atoms with Crippen molar-refractivity contribution in [2.45, 2.75) is 19.1 Å². The number of nitrogens with zero attached hydrogens (tertiary/aromatic N) is 2. The van der Waals surface area contributed by atoms with Crippen LogP contribution in [-0.2, 0) is 4.79 Å². The number of hydrogen-bond acceptors (Lipinski definition) is 3. The molecular formula is C20H18ClN3OS. The molecule has 0 fully saturated rings. The molecule has 2 heterocycles. The Kier molecular flexibility index (Phi) is 4.51. The molecule has 2 aromatic carbocycles. The molecule has 1 atom stereocenters. The highest BCUT2D eigenvalue weighted by Crippen LogP contribution is 2.44. The molecule has 1 aromatic heterocycles. The topological polar surface area (TPSA) is 46.9 Å². The molecule has 0 bridgehead atoms. The van der Waals surface area contributed by atoms with Gasteiger partial charge in [0.2, 0.25) is 5.91 Å². The molecule has 0 saturated carbocycles. The summed E-state index contributed by atoms with van der Waals surface area (Å²) in [4.78, 5) is 12.3. The van der Waals surface area contributed by atoms with Gasteiger partial charge in [-0.1, -0.05) is 41.4 Å². The van der Waals surface area contributed by atoms with E-state index in [1.54, 1.807) is 11.8 Å². The molecule has 26 heavy (non-hydrogen) atoms. The summed E-state index contributed by atoms with van der Waals surface area (Å²) in [5.74, 6) is 1.11. The molecule has 6 heteroatoms. The first kappa shape index (κ1) is 17.2. The fourth-order valence-electron chi connectivity index (χ4n) is 3.19. The molecule has 3 aromatic rings. The fraction of sp³-hybridized carbons (Fsp3) is 0.200. The lowest BCUT2D eigenvalue weighted by atomic mass is 10.0. The van der Waals surface area contributed by atoms with Crippen molar-refractivity contribution in [2.75, 3.05) is 11.1 Å². The average molecular weight is 384 g/mol. The van der Waals surface area contributed by atoms with E-state index in [0.717, 1.165) is 28.3 Å². The van der Waals surface area contributed by atoms with Gasteiger partial charge in [0.15, 0.2) is 0 Å². The van der Waals surface area contributed by atoms with Crippen molar-refractivity contribution in [3.63, 3.8) is 0 Å². The lowest BCUT2D eigenvalue weighted by Gasteiger charge is -2.15. The molecule has 0 saturated heterocycles. The van der Waals surface area contributed by atoms with E-state index in [4.69, 9.17) is 16.7 Å². The largest absolute Gasteiger partial charge is 0.310 e. The zero-order chi connectivity index (χ0) is 18.3. The average Bonchev–Trinajstić information content (AvgIpc) is 2.82. The third-order valence-corrected chi connectivity index (χ3v) is 5.94. The summed E-state index contributed by atoms with van der Waals surface area (Å²) in [5, 5.41) is 8.46.